The summed E-state index contributed by atoms with van der Waals surface area (Å²) in [4.78, 5) is 28.5. The minimum Gasteiger partial charge on any atom is -0.370 e. The maximum Gasteiger partial charge on any atom is 0.331 e. The van der Waals surface area contributed by atoms with E-state index in [1.165, 1.54) is 21.4 Å². The summed E-state index contributed by atoms with van der Waals surface area (Å²) >= 11 is 0. The molecule has 21 heavy (non-hydrogen) atoms. The minimum absolute atomic E-state index is 0.221. The molecule has 2 aromatic heterocycles. The lowest BCUT2D eigenvalue weighted by Gasteiger charge is -2.12. The molecule has 0 fully saturated rings. The van der Waals surface area contributed by atoms with Gasteiger partial charge in [-0.05, 0) is 19.4 Å². The Morgan fingerprint density at radius 1 is 1.24 bits per heavy atom. The van der Waals surface area contributed by atoms with Crippen LogP contribution < -0.4 is 16.6 Å². The zero-order valence-electron chi connectivity index (χ0n) is 12.4. The highest BCUT2D eigenvalue weighted by Gasteiger charge is 2.08. The number of pyridine rings is 1. The molecule has 2 heterocycles. The van der Waals surface area contributed by atoms with Gasteiger partial charge in [0.25, 0.3) is 5.56 Å². The van der Waals surface area contributed by atoms with Crippen LogP contribution in [0.3, 0.4) is 0 Å². The SMILES string of the molecule is CCCNc1ncccc1Cn1c(=O)ccn(CC)c1=O. The highest BCUT2D eigenvalue weighted by molar-refractivity contribution is 5.43. The molecule has 0 spiro atoms. The van der Waals surface area contributed by atoms with Crippen LogP contribution in [0.5, 0.6) is 0 Å². The maximum atomic E-state index is 12.2. The third-order valence-corrected chi connectivity index (χ3v) is 3.24. The van der Waals surface area contributed by atoms with Crippen LogP contribution in [-0.4, -0.2) is 20.7 Å². The molecular formula is C15H20N4O2. The molecule has 0 unspecified atom stereocenters. The topological polar surface area (TPSA) is 68.9 Å². The van der Waals surface area contributed by atoms with E-state index in [0.717, 1.165) is 24.3 Å². The van der Waals surface area contributed by atoms with Crippen LogP contribution in [0.2, 0.25) is 0 Å². The smallest absolute Gasteiger partial charge is 0.331 e. The Morgan fingerprint density at radius 2 is 2.05 bits per heavy atom. The molecule has 6 nitrogen and oxygen atoms in total. The molecule has 0 aliphatic heterocycles. The molecule has 6 heteroatoms. The first-order valence-electron chi connectivity index (χ1n) is 7.15. The Hall–Kier alpha value is -2.37. The largest absolute Gasteiger partial charge is 0.370 e. The highest BCUT2D eigenvalue weighted by Crippen LogP contribution is 2.11. The zero-order chi connectivity index (χ0) is 15.2. The van der Waals surface area contributed by atoms with E-state index in [9.17, 15) is 9.59 Å². The van der Waals surface area contributed by atoms with Crippen molar-refractivity contribution in [3.05, 3.63) is 57.0 Å². The van der Waals surface area contributed by atoms with Gasteiger partial charge in [0.2, 0.25) is 0 Å². The van der Waals surface area contributed by atoms with Gasteiger partial charge in [0.05, 0.1) is 6.54 Å². The normalized spacial score (nSPS) is 10.6. The summed E-state index contributed by atoms with van der Waals surface area (Å²) < 4.78 is 2.74. The van der Waals surface area contributed by atoms with Gasteiger partial charge in [-0.2, -0.15) is 0 Å². The van der Waals surface area contributed by atoms with Crippen LogP contribution >= 0.6 is 0 Å². The predicted molar refractivity (Wildman–Crippen MR) is 82.8 cm³/mol. The van der Waals surface area contributed by atoms with Crippen LogP contribution in [-0.2, 0) is 13.1 Å². The molecule has 2 aromatic rings. The fraction of sp³-hybridized carbons (Fsp3) is 0.400. The van der Waals surface area contributed by atoms with Crippen molar-refractivity contribution in [3.63, 3.8) is 0 Å². The number of aromatic nitrogens is 3. The Kier molecular flexibility index (Phi) is 4.92. The minimum atomic E-state index is -0.296. The van der Waals surface area contributed by atoms with E-state index in [1.807, 2.05) is 13.0 Å². The van der Waals surface area contributed by atoms with Crippen molar-refractivity contribution in [2.24, 2.45) is 0 Å². The van der Waals surface area contributed by atoms with Crippen LogP contribution in [0.1, 0.15) is 25.8 Å². The highest BCUT2D eigenvalue weighted by atomic mass is 16.2. The van der Waals surface area contributed by atoms with Gasteiger partial charge in [0.1, 0.15) is 5.82 Å². The Morgan fingerprint density at radius 3 is 2.76 bits per heavy atom. The second-order valence-electron chi connectivity index (χ2n) is 4.75. The molecule has 2 rings (SSSR count). The van der Waals surface area contributed by atoms with Crippen LogP contribution in [0, 0.1) is 0 Å². The van der Waals surface area contributed by atoms with Gasteiger partial charge in [-0.1, -0.05) is 13.0 Å². The third kappa shape index (κ3) is 3.39. The number of rotatable bonds is 6. The molecule has 0 saturated heterocycles. The van der Waals surface area contributed by atoms with Crippen LogP contribution in [0.15, 0.2) is 40.2 Å². The average Bonchev–Trinajstić information content (AvgIpc) is 2.50. The summed E-state index contributed by atoms with van der Waals surface area (Å²) in [6.45, 7) is 5.49. The molecule has 0 atom stereocenters. The quantitative estimate of drug-likeness (QED) is 0.870. The van der Waals surface area contributed by atoms with E-state index in [0.29, 0.717) is 6.54 Å². The summed E-state index contributed by atoms with van der Waals surface area (Å²) in [6.07, 6.45) is 4.20. The molecule has 1 N–H and O–H groups in total. The lowest BCUT2D eigenvalue weighted by Crippen LogP contribution is -2.39. The lowest BCUT2D eigenvalue weighted by atomic mass is 10.2. The monoisotopic (exact) mass is 288 g/mol. The molecular weight excluding hydrogens is 268 g/mol. The number of hydrogen-bond donors (Lipinski definition) is 1. The fourth-order valence-corrected chi connectivity index (χ4v) is 2.08. The molecule has 0 aliphatic carbocycles. The summed E-state index contributed by atoms with van der Waals surface area (Å²) in [5.41, 5.74) is 0.240. The summed E-state index contributed by atoms with van der Waals surface area (Å²) in [5, 5.41) is 3.22. The zero-order valence-corrected chi connectivity index (χ0v) is 12.4. The van der Waals surface area contributed by atoms with Crippen molar-refractivity contribution < 1.29 is 0 Å². The van der Waals surface area contributed by atoms with Gasteiger partial charge in [-0.15, -0.1) is 0 Å². The second kappa shape index (κ2) is 6.88. The third-order valence-electron chi connectivity index (χ3n) is 3.24. The van der Waals surface area contributed by atoms with Gasteiger partial charge in [-0.3, -0.25) is 9.36 Å². The van der Waals surface area contributed by atoms with Crippen molar-refractivity contribution in [3.8, 4) is 0 Å². The van der Waals surface area contributed by atoms with Gasteiger partial charge >= 0.3 is 5.69 Å². The van der Waals surface area contributed by atoms with Crippen molar-refractivity contribution in [1.29, 1.82) is 0 Å². The number of anilines is 1. The number of nitrogens with one attached hydrogen (secondary N) is 1. The van der Waals surface area contributed by atoms with Gasteiger partial charge in [-0.25, -0.2) is 9.78 Å². The van der Waals surface area contributed by atoms with Crippen LogP contribution in [0.25, 0.3) is 0 Å². The Labute approximate surface area is 123 Å². The van der Waals surface area contributed by atoms with Gasteiger partial charge < -0.3 is 9.88 Å². The van der Waals surface area contributed by atoms with E-state index >= 15 is 0 Å². The van der Waals surface area contributed by atoms with E-state index in [1.54, 1.807) is 12.3 Å². The molecule has 0 saturated carbocycles. The van der Waals surface area contributed by atoms with Gasteiger partial charge in [0, 0.05) is 37.1 Å². The number of aryl methyl sites for hydroxylation is 1. The first-order valence-corrected chi connectivity index (χ1v) is 7.15. The van der Waals surface area contributed by atoms with Crippen molar-refractivity contribution in [2.75, 3.05) is 11.9 Å². The summed E-state index contributed by atoms with van der Waals surface area (Å²) in [6, 6.07) is 5.10. The Bertz CT molecular complexity index is 718. The van der Waals surface area contributed by atoms with Crippen molar-refractivity contribution in [1.82, 2.24) is 14.1 Å². The van der Waals surface area contributed by atoms with Crippen LogP contribution in [0.4, 0.5) is 5.82 Å². The maximum absolute atomic E-state index is 12.2. The number of nitrogens with zero attached hydrogens (tertiary/aromatic N) is 3. The summed E-state index contributed by atoms with van der Waals surface area (Å²) in [5.74, 6) is 0.720. The van der Waals surface area contributed by atoms with Gasteiger partial charge in [0.15, 0.2) is 0 Å². The van der Waals surface area contributed by atoms with Crippen molar-refractivity contribution in [2.45, 2.75) is 33.4 Å². The van der Waals surface area contributed by atoms with E-state index in [2.05, 4.69) is 17.2 Å². The van der Waals surface area contributed by atoms with E-state index in [4.69, 9.17) is 0 Å². The lowest BCUT2D eigenvalue weighted by molar-refractivity contribution is 0.599. The first kappa shape index (κ1) is 15.0. The molecule has 112 valence electrons. The predicted octanol–water partition coefficient (Wildman–Crippen LogP) is 1.30. The number of hydrogen-bond acceptors (Lipinski definition) is 4. The molecule has 0 radical (unpaired) electrons. The molecule has 0 aliphatic rings. The standard InChI is InChI=1S/C15H20N4O2/c1-3-8-16-14-12(6-5-9-17-14)11-19-13(20)7-10-18(4-2)15(19)21/h5-7,9-10H,3-4,8,11H2,1-2H3,(H,16,17). The fourth-order valence-electron chi connectivity index (χ4n) is 2.08. The first-order chi connectivity index (χ1) is 10.2. The molecule has 0 amide bonds. The average molecular weight is 288 g/mol. The Balaban J connectivity index is 2.39. The molecule has 0 aromatic carbocycles. The van der Waals surface area contributed by atoms with E-state index in [-0.39, 0.29) is 17.8 Å². The second-order valence-corrected chi connectivity index (χ2v) is 4.75. The van der Waals surface area contributed by atoms with E-state index < -0.39 is 0 Å². The van der Waals surface area contributed by atoms with Crippen molar-refractivity contribution >= 4 is 5.82 Å². The molecule has 0 bridgehead atoms. The summed E-state index contributed by atoms with van der Waals surface area (Å²) in [7, 11) is 0.